The molecule has 0 heterocycles. The smallest absolute Gasteiger partial charge is 0.308 e. The molecule has 2 nitrogen and oxygen atoms in total. The van der Waals surface area contributed by atoms with Crippen LogP contribution in [0, 0.1) is 5.92 Å². The first-order chi connectivity index (χ1) is 12.7. The summed E-state index contributed by atoms with van der Waals surface area (Å²) < 4.78 is 5.19. The van der Waals surface area contributed by atoms with Crippen LogP contribution in [0.3, 0.4) is 0 Å². The van der Waals surface area contributed by atoms with Crippen molar-refractivity contribution < 1.29 is 9.53 Å². The first-order valence-corrected chi connectivity index (χ1v) is 10.4. The molecule has 2 aromatic carbocycles. The molecule has 1 saturated carbocycles. The second kappa shape index (κ2) is 9.21. The second-order valence-electron chi connectivity index (χ2n) is 7.93. The highest BCUT2D eigenvalue weighted by molar-refractivity contribution is 5.85. The number of unbranched alkanes of at least 4 members (excludes halogenated alkanes) is 3. The lowest BCUT2D eigenvalue weighted by Gasteiger charge is -2.29. The molecule has 0 amide bonds. The van der Waals surface area contributed by atoms with Crippen LogP contribution in [-0.4, -0.2) is 5.97 Å². The minimum absolute atomic E-state index is 0.271. The van der Waals surface area contributed by atoms with Gasteiger partial charge in [-0.25, -0.2) is 0 Å². The Bertz CT molecular complexity index is 726. The van der Waals surface area contributed by atoms with Crippen LogP contribution in [0.25, 0.3) is 10.8 Å². The number of hydrogen-bond donors (Lipinski definition) is 0. The summed E-state index contributed by atoms with van der Waals surface area (Å²) in [5.74, 6) is 2.02. The Morgan fingerprint density at radius 1 is 0.962 bits per heavy atom. The molecule has 0 N–H and O–H groups in total. The number of carbonyl (C=O) groups excluding carboxylic acids is 1. The molecule has 0 atom stereocenters. The number of esters is 1. The number of rotatable bonds is 7. The van der Waals surface area contributed by atoms with Gasteiger partial charge in [0.2, 0.25) is 0 Å². The van der Waals surface area contributed by atoms with Crippen LogP contribution in [0.4, 0.5) is 0 Å². The minimum atomic E-state index is -0.271. The third-order valence-corrected chi connectivity index (χ3v) is 5.88. The average Bonchev–Trinajstić information content (AvgIpc) is 2.65. The molecular formula is C24H32O2. The van der Waals surface area contributed by atoms with Gasteiger partial charge in [0, 0.05) is 6.92 Å². The fraction of sp³-hybridized carbons (Fsp3) is 0.542. The van der Waals surface area contributed by atoms with Crippen molar-refractivity contribution in [2.45, 2.75) is 77.6 Å². The van der Waals surface area contributed by atoms with Gasteiger partial charge in [-0.15, -0.1) is 0 Å². The molecule has 0 unspecified atom stereocenters. The summed E-state index contributed by atoms with van der Waals surface area (Å²) >= 11 is 0. The first-order valence-electron chi connectivity index (χ1n) is 10.4. The van der Waals surface area contributed by atoms with Gasteiger partial charge in [0.05, 0.1) is 0 Å². The van der Waals surface area contributed by atoms with Crippen LogP contribution in [0.1, 0.15) is 83.1 Å². The molecule has 1 aliphatic carbocycles. The molecule has 0 aromatic heterocycles. The van der Waals surface area contributed by atoms with E-state index in [4.69, 9.17) is 4.74 Å². The molecule has 0 aliphatic heterocycles. The van der Waals surface area contributed by atoms with Crippen molar-refractivity contribution in [2.24, 2.45) is 5.92 Å². The zero-order chi connectivity index (χ0) is 18.4. The summed E-state index contributed by atoms with van der Waals surface area (Å²) in [7, 11) is 0. The lowest BCUT2D eigenvalue weighted by atomic mass is 9.77. The molecule has 140 valence electrons. The van der Waals surface area contributed by atoms with Crippen molar-refractivity contribution in [2.75, 3.05) is 0 Å². The normalized spacial score (nSPS) is 20.2. The molecule has 0 radical (unpaired) electrons. The summed E-state index contributed by atoms with van der Waals surface area (Å²) in [6.45, 7) is 3.72. The molecule has 0 saturated heterocycles. The molecule has 26 heavy (non-hydrogen) atoms. The Morgan fingerprint density at radius 2 is 1.69 bits per heavy atom. The molecule has 1 fully saturated rings. The van der Waals surface area contributed by atoms with E-state index in [-0.39, 0.29) is 5.97 Å². The molecule has 2 heteroatoms. The SMILES string of the molecule is CCCCCC[C@H]1CC[C@H](c2ccc3cc(OC(C)=O)ccc3c2)CC1. The number of carbonyl (C=O) groups is 1. The summed E-state index contributed by atoms with van der Waals surface area (Å²) in [5, 5.41) is 2.37. The molecule has 0 spiro atoms. The first kappa shape index (κ1) is 18.9. The van der Waals surface area contributed by atoms with Crippen LogP contribution in [0.15, 0.2) is 36.4 Å². The van der Waals surface area contributed by atoms with Crippen molar-refractivity contribution in [1.82, 2.24) is 0 Å². The summed E-state index contributed by atoms with van der Waals surface area (Å²) in [6, 6.07) is 12.7. The zero-order valence-corrected chi connectivity index (χ0v) is 16.3. The van der Waals surface area contributed by atoms with E-state index in [0.29, 0.717) is 11.7 Å². The van der Waals surface area contributed by atoms with E-state index in [1.165, 1.54) is 75.7 Å². The van der Waals surface area contributed by atoms with E-state index in [2.05, 4.69) is 31.2 Å². The average molecular weight is 353 g/mol. The maximum atomic E-state index is 11.1. The Kier molecular flexibility index (Phi) is 6.71. The van der Waals surface area contributed by atoms with Crippen molar-refractivity contribution in [3.8, 4) is 5.75 Å². The lowest BCUT2D eigenvalue weighted by molar-refractivity contribution is -0.131. The standard InChI is InChI=1S/C24H32O2/c1-3-4-5-6-7-19-8-10-20(11-9-19)21-12-13-23-17-24(26-18(2)25)15-14-22(23)16-21/h12-17,19-20H,3-11H2,1-2H3/t19-,20-. The minimum Gasteiger partial charge on any atom is -0.427 e. The van der Waals surface area contributed by atoms with Gasteiger partial charge < -0.3 is 4.74 Å². The number of benzene rings is 2. The van der Waals surface area contributed by atoms with E-state index in [9.17, 15) is 4.79 Å². The summed E-state index contributed by atoms with van der Waals surface area (Å²) in [5.41, 5.74) is 1.47. The fourth-order valence-corrected chi connectivity index (χ4v) is 4.37. The van der Waals surface area contributed by atoms with Crippen molar-refractivity contribution in [3.63, 3.8) is 0 Å². The molecular weight excluding hydrogens is 320 g/mol. The molecule has 3 rings (SSSR count). The Morgan fingerprint density at radius 3 is 2.42 bits per heavy atom. The largest absolute Gasteiger partial charge is 0.427 e. The monoisotopic (exact) mass is 352 g/mol. The molecule has 2 aromatic rings. The Labute approximate surface area is 157 Å². The van der Waals surface area contributed by atoms with Crippen LogP contribution in [-0.2, 0) is 4.79 Å². The predicted octanol–water partition coefficient (Wildman–Crippen LogP) is 7.01. The molecule has 0 bridgehead atoms. The van der Waals surface area contributed by atoms with Gasteiger partial charge in [0.25, 0.3) is 0 Å². The van der Waals surface area contributed by atoms with Gasteiger partial charge >= 0.3 is 5.97 Å². The number of fused-ring (bicyclic) bond motifs is 1. The maximum absolute atomic E-state index is 11.1. The van der Waals surface area contributed by atoms with Crippen LogP contribution >= 0.6 is 0 Å². The van der Waals surface area contributed by atoms with E-state index < -0.39 is 0 Å². The van der Waals surface area contributed by atoms with Gasteiger partial charge in [0.1, 0.15) is 5.75 Å². The third kappa shape index (κ3) is 5.09. The highest BCUT2D eigenvalue weighted by atomic mass is 16.5. The Hall–Kier alpha value is -1.83. The fourth-order valence-electron chi connectivity index (χ4n) is 4.37. The zero-order valence-electron chi connectivity index (χ0n) is 16.3. The third-order valence-electron chi connectivity index (χ3n) is 5.88. The maximum Gasteiger partial charge on any atom is 0.308 e. The van der Waals surface area contributed by atoms with Gasteiger partial charge in [-0.3, -0.25) is 4.79 Å². The van der Waals surface area contributed by atoms with Crippen LogP contribution in [0.5, 0.6) is 5.75 Å². The number of ether oxygens (including phenoxy) is 1. The quantitative estimate of drug-likeness (QED) is 0.304. The van der Waals surface area contributed by atoms with Gasteiger partial charge in [0.15, 0.2) is 0 Å². The van der Waals surface area contributed by atoms with E-state index in [1.807, 2.05) is 12.1 Å². The summed E-state index contributed by atoms with van der Waals surface area (Å²) in [6.07, 6.45) is 12.4. The predicted molar refractivity (Wildman–Crippen MR) is 109 cm³/mol. The van der Waals surface area contributed by atoms with Crippen LogP contribution in [0.2, 0.25) is 0 Å². The van der Waals surface area contributed by atoms with E-state index in [0.717, 1.165) is 11.3 Å². The van der Waals surface area contributed by atoms with Crippen LogP contribution < -0.4 is 4.74 Å². The van der Waals surface area contributed by atoms with Crippen molar-refractivity contribution in [3.05, 3.63) is 42.0 Å². The second-order valence-corrected chi connectivity index (χ2v) is 7.93. The van der Waals surface area contributed by atoms with E-state index in [1.54, 1.807) is 0 Å². The van der Waals surface area contributed by atoms with Crippen molar-refractivity contribution in [1.29, 1.82) is 0 Å². The topological polar surface area (TPSA) is 26.3 Å². The summed E-state index contributed by atoms with van der Waals surface area (Å²) in [4.78, 5) is 11.1. The van der Waals surface area contributed by atoms with Gasteiger partial charge in [-0.05, 0) is 66.0 Å². The lowest BCUT2D eigenvalue weighted by Crippen LogP contribution is -2.13. The van der Waals surface area contributed by atoms with Gasteiger partial charge in [-0.2, -0.15) is 0 Å². The highest BCUT2D eigenvalue weighted by Gasteiger charge is 2.22. The van der Waals surface area contributed by atoms with Crippen molar-refractivity contribution >= 4 is 16.7 Å². The highest BCUT2D eigenvalue weighted by Crippen LogP contribution is 2.38. The van der Waals surface area contributed by atoms with E-state index >= 15 is 0 Å². The molecule has 1 aliphatic rings. The Balaban J connectivity index is 1.58. The van der Waals surface area contributed by atoms with Gasteiger partial charge in [-0.1, -0.05) is 63.3 Å². The number of hydrogen-bond acceptors (Lipinski definition) is 2.